The number of nitrogens with zero attached hydrogens (tertiary/aromatic N) is 4. The fraction of sp³-hybridized carbons (Fsp3) is 0.333. The van der Waals surface area contributed by atoms with E-state index in [0.29, 0.717) is 22.3 Å². The second-order valence-electron chi connectivity index (χ2n) is 7.92. The molecule has 1 atom stereocenters. The van der Waals surface area contributed by atoms with E-state index in [1.807, 2.05) is 64.1 Å². The number of benzene rings is 1. The van der Waals surface area contributed by atoms with Gasteiger partial charge in [-0.1, -0.05) is 68.0 Å². The summed E-state index contributed by atoms with van der Waals surface area (Å²) < 4.78 is 7.04. The molecule has 0 saturated carbocycles. The highest BCUT2D eigenvalue weighted by molar-refractivity contribution is 7.99. The Morgan fingerprint density at radius 3 is 2.55 bits per heavy atom. The zero-order chi connectivity index (χ0) is 20.8. The molecule has 1 aromatic carbocycles. The molecule has 0 spiro atoms. The fourth-order valence-corrected chi connectivity index (χ4v) is 4.79. The van der Waals surface area contributed by atoms with E-state index < -0.39 is 0 Å². The van der Waals surface area contributed by atoms with Crippen LogP contribution in [0.15, 0.2) is 50.9 Å². The van der Waals surface area contributed by atoms with Gasteiger partial charge in [-0.15, -0.1) is 11.3 Å². The van der Waals surface area contributed by atoms with E-state index in [1.165, 1.54) is 23.1 Å². The van der Waals surface area contributed by atoms with Crippen molar-refractivity contribution in [3.05, 3.63) is 58.5 Å². The Kier molecular flexibility index (Phi) is 5.08. The van der Waals surface area contributed by atoms with Gasteiger partial charge in [0.15, 0.2) is 11.0 Å². The van der Waals surface area contributed by atoms with E-state index in [9.17, 15) is 4.79 Å². The molecule has 4 rings (SSSR count). The largest absolute Gasteiger partial charge is 0.338 e. The highest BCUT2D eigenvalue weighted by atomic mass is 32.2. The quantitative estimate of drug-likeness (QED) is 0.330. The molecule has 3 heterocycles. The molecule has 4 aromatic rings. The van der Waals surface area contributed by atoms with E-state index in [1.54, 1.807) is 11.6 Å². The number of fused-ring (bicyclic) bond motifs is 1. The highest BCUT2D eigenvalue weighted by Gasteiger charge is 2.24. The smallest absolute Gasteiger partial charge is 0.262 e. The van der Waals surface area contributed by atoms with Crippen molar-refractivity contribution in [1.82, 2.24) is 19.7 Å². The SMILES string of the molecule is C[C@H](Sc1nc2sc(-c3ccccc3)cc2c(=O)n1C)c1nc(C(C)(C)C)no1. The van der Waals surface area contributed by atoms with Crippen LogP contribution in [0.2, 0.25) is 0 Å². The predicted octanol–water partition coefficient (Wildman–Crippen LogP) is 5.20. The van der Waals surface area contributed by atoms with Gasteiger partial charge in [0, 0.05) is 17.3 Å². The van der Waals surface area contributed by atoms with Crippen molar-refractivity contribution in [3.8, 4) is 10.4 Å². The van der Waals surface area contributed by atoms with Gasteiger partial charge >= 0.3 is 0 Å². The number of thioether (sulfide) groups is 1. The standard InChI is InChI=1S/C21H22N4O2S2/c1-12(16-22-19(24-27-16)21(2,3)4)28-20-23-17-14(18(26)25(20)5)11-15(29-17)13-9-7-6-8-10-13/h6-12H,1-5H3/t12-/m0/s1. The Morgan fingerprint density at radius 1 is 1.17 bits per heavy atom. The van der Waals surface area contributed by atoms with Crippen molar-refractivity contribution >= 4 is 33.3 Å². The molecule has 150 valence electrons. The van der Waals surface area contributed by atoms with E-state index in [4.69, 9.17) is 9.51 Å². The summed E-state index contributed by atoms with van der Waals surface area (Å²) in [5, 5.41) is 5.24. The molecule has 0 radical (unpaired) electrons. The zero-order valence-corrected chi connectivity index (χ0v) is 18.6. The van der Waals surface area contributed by atoms with Gasteiger partial charge in [-0.3, -0.25) is 9.36 Å². The van der Waals surface area contributed by atoms with Crippen molar-refractivity contribution in [1.29, 1.82) is 0 Å². The van der Waals surface area contributed by atoms with Crippen molar-refractivity contribution in [2.45, 2.75) is 43.5 Å². The number of aromatic nitrogens is 4. The van der Waals surface area contributed by atoms with Gasteiger partial charge in [-0.25, -0.2) is 4.98 Å². The molecule has 0 unspecified atom stereocenters. The average Bonchev–Trinajstić information content (AvgIpc) is 3.34. The van der Waals surface area contributed by atoms with E-state index >= 15 is 0 Å². The number of hydrogen-bond donors (Lipinski definition) is 0. The van der Waals surface area contributed by atoms with Gasteiger partial charge in [0.1, 0.15) is 4.83 Å². The lowest BCUT2D eigenvalue weighted by Gasteiger charge is -2.11. The molecular formula is C21H22N4O2S2. The summed E-state index contributed by atoms with van der Waals surface area (Å²) in [7, 11) is 1.75. The van der Waals surface area contributed by atoms with Crippen LogP contribution in [0.4, 0.5) is 0 Å². The summed E-state index contributed by atoms with van der Waals surface area (Å²) in [6, 6.07) is 12.0. The molecule has 0 N–H and O–H groups in total. The first-order chi connectivity index (χ1) is 13.7. The second-order valence-corrected chi connectivity index (χ2v) is 10.3. The van der Waals surface area contributed by atoms with Crippen LogP contribution in [0.25, 0.3) is 20.7 Å². The lowest BCUT2D eigenvalue weighted by atomic mass is 9.96. The molecule has 3 aromatic heterocycles. The van der Waals surface area contributed by atoms with Gasteiger partial charge in [0.25, 0.3) is 5.56 Å². The normalized spacial score (nSPS) is 13.1. The first-order valence-corrected chi connectivity index (χ1v) is 11.0. The van der Waals surface area contributed by atoms with Gasteiger partial charge in [-0.2, -0.15) is 4.98 Å². The molecule has 0 amide bonds. The van der Waals surface area contributed by atoms with Crippen molar-refractivity contribution in [2.24, 2.45) is 7.05 Å². The maximum absolute atomic E-state index is 12.9. The van der Waals surface area contributed by atoms with Crippen LogP contribution in [0.5, 0.6) is 0 Å². The van der Waals surface area contributed by atoms with Crippen LogP contribution < -0.4 is 5.56 Å². The van der Waals surface area contributed by atoms with Gasteiger partial charge < -0.3 is 4.52 Å². The maximum Gasteiger partial charge on any atom is 0.262 e. The molecule has 0 saturated heterocycles. The monoisotopic (exact) mass is 426 g/mol. The fourth-order valence-electron chi connectivity index (χ4n) is 2.81. The first kappa shape index (κ1) is 19.8. The summed E-state index contributed by atoms with van der Waals surface area (Å²) in [4.78, 5) is 24.0. The van der Waals surface area contributed by atoms with E-state index in [2.05, 4.69) is 10.1 Å². The summed E-state index contributed by atoms with van der Waals surface area (Å²) >= 11 is 2.97. The molecule has 0 aliphatic heterocycles. The van der Waals surface area contributed by atoms with Crippen LogP contribution in [-0.2, 0) is 12.5 Å². The van der Waals surface area contributed by atoms with Crippen LogP contribution >= 0.6 is 23.1 Å². The zero-order valence-electron chi connectivity index (χ0n) is 17.0. The minimum absolute atomic E-state index is 0.0518. The molecule has 0 fully saturated rings. The van der Waals surface area contributed by atoms with Gasteiger partial charge in [0.05, 0.1) is 10.6 Å². The maximum atomic E-state index is 12.9. The summed E-state index contributed by atoms with van der Waals surface area (Å²) in [5.41, 5.74) is 0.853. The Morgan fingerprint density at radius 2 is 1.90 bits per heavy atom. The minimum atomic E-state index is -0.180. The topological polar surface area (TPSA) is 73.8 Å². The first-order valence-electron chi connectivity index (χ1n) is 9.31. The third kappa shape index (κ3) is 3.86. The van der Waals surface area contributed by atoms with Crippen LogP contribution in [0.1, 0.15) is 44.7 Å². The van der Waals surface area contributed by atoms with Crippen molar-refractivity contribution in [2.75, 3.05) is 0 Å². The minimum Gasteiger partial charge on any atom is -0.338 e. The van der Waals surface area contributed by atoms with Crippen molar-refractivity contribution in [3.63, 3.8) is 0 Å². The number of rotatable bonds is 4. The Hall–Kier alpha value is -2.45. The molecular weight excluding hydrogens is 404 g/mol. The van der Waals surface area contributed by atoms with E-state index in [0.717, 1.165) is 15.3 Å². The lowest BCUT2D eigenvalue weighted by Crippen LogP contribution is -2.19. The molecule has 8 heteroatoms. The third-order valence-electron chi connectivity index (χ3n) is 4.53. The molecule has 0 aliphatic carbocycles. The van der Waals surface area contributed by atoms with Crippen LogP contribution in [0.3, 0.4) is 0 Å². The lowest BCUT2D eigenvalue weighted by molar-refractivity contribution is 0.364. The molecule has 0 aliphatic rings. The summed E-state index contributed by atoms with van der Waals surface area (Å²) in [5.74, 6) is 1.20. The molecule has 29 heavy (non-hydrogen) atoms. The second kappa shape index (κ2) is 7.42. The van der Waals surface area contributed by atoms with Crippen LogP contribution in [-0.4, -0.2) is 19.7 Å². The summed E-state index contributed by atoms with van der Waals surface area (Å²) in [6.07, 6.45) is 0. The van der Waals surface area contributed by atoms with Gasteiger partial charge in [-0.05, 0) is 18.6 Å². The average molecular weight is 427 g/mol. The number of hydrogen-bond acceptors (Lipinski definition) is 7. The van der Waals surface area contributed by atoms with Crippen molar-refractivity contribution < 1.29 is 4.52 Å². The van der Waals surface area contributed by atoms with Gasteiger partial charge in [0.2, 0.25) is 5.89 Å². The number of thiophene rings is 1. The highest BCUT2D eigenvalue weighted by Crippen LogP contribution is 2.36. The van der Waals surface area contributed by atoms with E-state index in [-0.39, 0.29) is 16.2 Å². The Balaban J connectivity index is 1.68. The molecule has 0 bridgehead atoms. The Bertz CT molecular complexity index is 1220. The molecule has 6 nitrogen and oxygen atoms in total. The Labute approximate surface area is 177 Å². The van der Waals surface area contributed by atoms with Crippen LogP contribution in [0, 0.1) is 0 Å². The third-order valence-corrected chi connectivity index (χ3v) is 6.74. The predicted molar refractivity (Wildman–Crippen MR) is 118 cm³/mol. The summed E-state index contributed by atoms with van der Waals surface area (Å²) in [6.45, 7) is 8.10.